The molecule has 0 aliphatic carbocycles. The zero-order chi connectivity index (χ0) is 13.0. The largest absolute Gasteiger partial charge is 0.399 e. The van der Waals surface area contributed by atoms with E-state index in [4.69, 9.17) is 17.3 Å². The maximum absolute atomic E-state index is 11.7. The Bertz CT molecular complexity index is 539. The number of aromatic nitrogens is 2. The van der Waals surface area contributed by atoms with E-state index in [-0.39, 0.29) is 5.91 Å². The second kappa shape index (κ2) is 5.55. The third-order valence-electron chi connectivity index (χ3n) is 2.42. The van der Waals surface area contributed by atoms with Gasteiger partial charge in [-0.25, -0.2) is 4.98 Å². The summed E-state index contributed by atoms with van der Waals surface area (Å²) in [5.74, 6) is -0.102. The molecule has 0 spiro atoms. The average molecular weight is 265 g/mol. The van der Waals surface area contributed by atoms with E-state index in [0.717, 1.165) is 0 Å². The van der Waals surface area contributed by atoms with Crippen molar-refractivity contribution in [2.24, 2.45) is 0 Å². The Labute approximate surface area is 110 Å². The Kier molecular flexibility index (Phi) is 3.84. The number of amides is 1. The molecular formula is C12H13ClN4O. The quantitative estimate of drug-likeness (QED) is 0.831. The number of nitrogen functional groups attached to an aromatic ring is 1. The number of nitrogens with zero attached hydrogens (tertiary/aromatic N) is 2. The molecule has 0 unspecified atom stereocenters. The van der Waals surface area contributed by atoms with E-state index in [9.17, 15) is 4.79 Å². The van der Waals surface area contributed by atoms with Gasteiger partial charge in [0.1, 0.15) is 0 Å². The van der Waals surface area contributed by atoms with E-state index in [1.807, 2.05) is 10.8 Å². The van der Waals surface area contributed by atoms with Gasteiger partial charge in [0.05, 0.1) is 17.0 Å². The lowest BCUT2D eigenvalue weighted by molar-refractivity contribution is -0.116. The van der Waals surface area contributed by atoms with Crippen molar-refractivity contribution in [1.29, 1.82) is 0 Å². The van der Waals surface area contributed by atoms with Gasteiger partial charge in [0.25, 0.3) is 0 Å². The van der Waals surface area contributed by atoms with Crippen LogP contribution >= 0.6 is 11.6 Å². The molecule has 0 aliphatic rings. The molecule has 2 aromatic rings. The lowest BCUT2D eigenvalue weighted by atomic mass is 10.2. The monoisotopic (exact) mass is 264 g/mol. The molecule has 0 fully saturated rings. The van der Waals surface area contributed by atoms with Crippen LogP contribution in [0.5, 0.6) is 0 Å². The number of halogens is 1. The molecule has 1 aromatic heterocycles. The highest BCUT2D eigenvalue weighted by atomic mass is 35.5. The summed E-state index contributed by atoms with van der Waals surface area (Å²) in [4.78, 5) is 15.6. The average Bonchev–Trinajstić information content (AvgIpc) is 2.83. The second-order valence-corrected chi connectivity index (χ2v) is 4.25. The SMILES string of the molecule is Nc1ccc(NC(=O)CCn2ccnc2)c(Cl)c1. The van der Waals surface area contributed by atoms with Gasteiger partial charge in [-0.3, -0.25) is 4.79 Å². The van der Waals surface area contributed by atoms with Gasteiger partial charge in [0.2, 0.25) is 5.91 Å². The molecule has 6 heteroatoms. The first-order chi connectivity index (χ1) is 8.65. The standard InChI is InChI=1S/C12H13ClN4O/c13-10-7-9(14)1-2-11(10)16-12(18)3-5-17-6-4-15-8-17/h1-2,4,6-8H,3,5,14H2,(H,16,18). The third-order valence-corrected chi connectivity index (χ3v) is 2.74. The number of rotatable bonds is 4. The number of hydrogen-bond acceptors (Lipinski definition) is 3. The van der Waals surface area contributed by atoms with Crippen LogP contribution in [0, 0.1) is 0 Å². The molecule has 0 radical (unpaired) electrons. The molecule has 1 aromatic carbocycles. The smallest absolute Gasteiger partial charge is 0.226 e. The summed E-state index contributed by atoms with van der Waals surface area (Å²) in [7, 11) is 0. The van der Waals surface area contributed by atoms with Gasteiger partial charge >= 0.3 is 0 Å². The van der Waals surface area contributed by atoms with Crippen LogP contribution in [0.15, 0.2) is 36.9 Å². The first-order valence-electron chi connectivity index (χ1n) is 5.46. The van der Waals surface area contributed by atoms with Crippen LogP contribution in [-0.2, 0) is 11.3 Å². The number of benzene rings is 1. The maximum Gasteiger partial charge on any atom is 0.226 e. The molecule has 3 N–H and O–H groups in total. The van der Waals surface area contributed by atoms with E-state index >= 15 is 0 Å². The van der Waals surface area contributed by atoms with Gasteiger partial charge in [0, 0.05) is 31.0 Å². The van der Waals surface area contributed by atoms with Gasteiger partial charge in [-0.05, 0) is 18.2 Å². The number of aryl methyl sites for hydroxylation is 1. The van der Waals surface area contributed by atoms with E-state index in [1.165, 1.54) is 0 Å². The van der Waals surface area contributed by atoms with Crippen LogP contribution in [0.1, 0.15) is 6.42 Å². The highest BCUT2D eigenvalue weighted by Gasteiger charge is 2.06. The van der Waals surface area contributed by atoms with Crippen LogP contribution in [0.25, 0.3) is 0 Å². The Morgan fingerprint density at radius 3 is 3.00 bits per heavy atom. The van der Waals surface area contributed by atoms with E-state index in [0.29, 0.717) is 29.4 Å². The molecular weight excluding hydrogens is 252 g/mol. The molecule has 0 saturated heterocycles. The lowest BCUT2D eigenvalue weighted by Gasteiger charge is -2.08. The summed E-state index contributed by atoms with van der Waals surface area (Å²) in [6.07, 6.45) is 5.51. The summed E-state index contributed by atoms with van der Waals surface area (Å²) in [5.41, 5.74) is 6.71. The minimum atomic E-state index is -0.102. The molecule has 18 heavy (non-hydrogen) atoms. The summed E-state index contributed by atoms with van der Waals surface area (Å²) in [6.45, 7) is 0.582. The van der Waals surface area contributed by atoms with Gasteiger partial charge in [0.15, 0.2) is 0 Å². The van der Waals surface area contributed by atoms with Crippen molar-refractivity contribution in [3.63, 3.8) is 0 Å². The Hall–Kier alpha value is -2.01. The first-order valence-corrected chi connectivity index (χ1v) is 5.83. The van der Waals surface area contributed by atoms with Gasteiger partial charge in [-0.2, -0.15) is 0 Å². The normalized spacial score (nSPS) is 10.3. The van der Waals surface area contributed by atoms with E-state index in [2.05, 4.69) is 10.3 Å². The molecule has 0 saturated carbocycles. The fourth-order valence-electron chi connectivity index (χ4n) is 1.50. The fourth-order valence-corrected chi connectivity index (χ4v) is 1.73. The fraction of sp³-hybridized carbons (Fsp3) is 0.167. The third kappa shape index (κ3) is 3.24. The zero-order valence-electron chi connectivity index (χ0n) is 9.64. The summed E-state index contributed by atoms with van der Waals surface area (Å²) >= 11 is 5.96. The zero-order valence-corrected chi connectivity index (χ0v) is 10.4. The second-order valence-electron chi connectivity index (χ2n) is 3.84. The predicted octanol–water partition coefficient (Wildman–Crippen LogP) is 2.15. The minimum Gasteiger partial charge on any atom is -0.399 e. The van der Waals surface area contributed by atoms with Crippen molar-refractivity contribution in [3.05, 3.63) is 41.9 Å². The van der Waals surface area contributed by atoms with Crippen molar-refractivity contribution < 1.29 is 4.79 Å². The van der Waals surface area contributed by atoms with Crippen molar-refractivity contribution in [1.82, 2.24) is 9.55 Å². The van der Waals surface area contributed by atoms with Crippen molar-refractivity contribution >= 4 is 28.9 Å². The highest BCUT2D eigenvalue weighted by molar-refractivity contribution is 6.34. The van der Waals surface area contributed by atoms with Crippen LogP contribution in [-0.4, -0.2) is 15.5 Å². The number of nitrogens with two attached hydrogens (primary N) is 1. The number of nitrogens with one attached hydrogen (secondary N) is 1. The molecule has 1 amide bonds. The molecule has 0 atom stereocenters. The van der Waals surface area contributed by atoms with Crippen molar-refractivity contribution in [2.45, 2.75) is 13.0 Å². The predicted molar refractivity (Wildman–Crippen MR) is 71.3 cm³/mol. The summed E-state index contributed by atoms with van der Waals surface area (Å²) in [6, 6.07) is 4.98. The number of anilines is 2. The maximum atomic E-state index is 11.7. The van der Waals surface area contributed by atoms with E-state index < -0.39 is 0 Å². The van der Waals surface area contributed by atoms with Gasteiger partial charge < -0.3 is 15.6 Å². The lowest BCUT2D eigenvalue weighted by Crippen LogP contribution is -2.14. The van der Waals surface area contributed by atoms with Crippen LogP contribution in [0.3, 0.4) is 0 Å². The Morgan fingerprint density at radius 2 is 2.33 bits per heavy atom. The van der Waals surface area contributed by atoms with E-state index in [1.54, 1.807) is 30.7 Å². The van der Waals surface area contributed by atoms with Crippen molar-refractivity contribution in [2.75, 3.05) is 11.1 Å². The molecule has 94 valence electrons. The number of imidazole rings is 1. The Morgan fingerprint density at radius 1 is 1.50 bits per heavy atom. The summed E-state index contributed by atoms with van der Waals surface area (Å²) in [5, 5.41) is 3.18. The van der Waals surface area contributed by atoms with Gasteiger partial charge in [-0.1, -0.05) is 11.6 Å². The number of carbonyl (C=O) groups is 1. The molecule has 0 bridgehead atoms. The topological polar surface area (TPSA) is 72.9 Å². The van der Waals surface area contributed by atoms with Gasteiger partial charge in [-0.15, -0.1) is 0 Å². The molecule has 5 nitrogen and oxygen atoms in total. The molecule has 1 heterocycles. The molecule has 0 aliphatic heterocycles. The van der Waals surface area contributed by atoms with Crippen LogP contribution < -0.4 is 11.1 Å². The molecule has 2 rings (SSSR count). The minimum absolute atomic E-state index is 0.102. The number of carbonyl (C=O) groups excluding carboxylic acids is 1. The summed E-state index contributed by atoms with van der Waals surface area (Å²) < 4.78 is 1.84. The highest BCUT2D eigenvalue weighted by Crippen LogP contribution is 2.24. The first kappa shape index (κ1) is 12.4. The van der Waals surface area contributed by atoms with Crippen molar-refractivity contribution in [3.8, 4) is 0 Å². The van der Waals surface area contributed by atoms with Crippen LogP contribution in [0.2, 0.25) is 5.02 Å². The van der Waals surface area contributed by atoms with Crippen LogP contribution in [0.4, 0.5) is 11.4 Å². The Balaban J connectivity index is 1.91. The number of hydrogen-bond donors (Lipinski definition) is 2.